The summed E-state index contributed by atoms with van der Waals surface area (Å²) in [4.78, 5) is 42.6. The number of carbonyl (C=O) groups excluding carboxylic acids is 3. The number of allylic oxidation sites excluding steroid dienone is 2. The zero-order chi connectivity index (χ0) is 47.8. The molecule has 1 amide bonds. The minimum Gasteiger partial charge on any atom is -0.507 e. The fourth-order valence-corrected chi connectivity index (χ4v) is 8.08. The van der Waals surface area contributed by atoms with E-state index in [1.165, 1.54) is 59.4 Å². The Hall–Kier alpha value is -5.20. The molecule has 17 heteroatoms. The number of phenols is 3. The van der Waals surface area contributed by atoms with E-state index in [0.29, 0.717) is 19.7 Å². The van der Waals surface area contributed by atoms with Gasteiger partial charge in [-0.1, -0.05) is 59.3 Å². The minimum absolute atomic E-state index is 0.0559. The Morgan fingerprint density at radius 1 is 0.969 bits per heavy atom. The van der Waals surface area contributed by atoms with Gasteiger partial charge in [-0.25, -0.2) is 0 Å². The molecule has 0 unspecified atom stereocenters. The number of hydrazone groups is 1. The molecule has 2 aromatic rings. The number of amides is 1. The van der Waals surface area contributed by atoms with Crippen molar-refractivity contribution in [2.75, 3.05) is 52.3 Å². The highest BCUT2D eigenvalue weighted by atomic mass is 16.7. The molecule has 6 rings (SSSR count). The van der Waals surface area contributed by atoms with E-state index in [9.17, 15) is 39.9 Å². The third-order valence-corrected chi connectivity index (χ3v) is 12.4. The minimum atomic E-state index is -2.04. The van der Waals surface area contributed by atoms with E-state index in [2.05, 4.69) is 22.2 Å². The topological polar surface area (TPSA) is 240 Å². The number of rotatable bonds is 6. The van der Waals surface area contributed by atoms with Gasteiger partial charge >= 0.3 is 11.8 Å². The number of phenolic OH excluding ortho intramolecular Hbond substituents is 3. The van der Waals surface area contributed by atoms with E-state index >= 15 is 0 Å². The summed E-state index contributed by atoms with van der Waals surface area (Å²) in [7, 11) is 3.42. The van der Waals surface area contributed by atoms with Crippen LogP contribution in [0.25, 0.3) is 10.8 Å². The van der Waals surface area contributed by atoms with Gasteiger partial charge in [-0.3, -0.25) is 19.4 Å². The van der Waals surface area contributed by atoms with Crippen LogP contribution < -0.4 is 10.1 Å². The number of Topliss-reactive ketones (excluding diaryl/α,β-unsaturated/α-hetero) is 1. The quantitative estimate of drug-likeness (QED) is 0.0863. The zero-order valence-electron chi connectivity index (χ0n) is 38.9. The second kappa shape index (κ2) is 22.1. The van der Waals surface area contributed by atoms with Crippen LogP contribution in [0.1, 0.15) is 89.7 Å². The van der Waals surface area contributed by atoms with Crippen LogP contribution in [0.5, 0.6) is 23.0 Å². The number of aliphatic hydroxyl groups is 3. The number of aliphatic hydroxyl groups excluding tert-OH is 3. The number of hydrogen-bond donors (Lipinski definition) is 7. The van der Waals surface area contributed by atoms with Crippen LogP contribution in [0.3, 0.4) is 0 Å². The number of methoxy groups -OCH3 is 1. The molecule has 0 radical (unpaired) electrons. The number of hydrogen-bond acceptors (Lipinski definition) is 16. The predicted octanol–water partition coefficient (Wildman–Crippen LogP) is 5.11. The Labute approximate surface area is 375 Å². The van der Waals surface area contributed by atoms with Gasteiger partial charge in [-0.2, -0.15) is 5.10 Å². The van der Waals surface area contributed by atoms with Gasteiger partial charge in [-0.05, 0) is 33.4 Å². The summed E-state index contributed by atoms with van der Waals surface area (Å²) in [5.41, 5.74) is -0.350. The molecule has 4 heterocycles. The average molecular weight is 897 g/mol. The van der Waals surface area contributed by atoms with Gasteiger partial charge < -0.3 is 59.8 Å². The van der Waals surface area contributed by atoms with E-state index in [4.69, 9.17) is 24.1 Å². The molecule has 4 aliphatic heterocycles. The number of carbonyl (C=O) groups is 3. The lowest BCUT2D eigenvalue weighted by Crippen LogP contribution is -2.46. The lowest BCUT2D eigenvalue weighted by Gasteiger charge is -2.38. The van der Waals surface area contributed by atoms with Gasteiger partial charge in [-0.15, -0.1) is 0 Å². The van der Waals surface area contributed by atoms with E-state index in [1.807, 2.05) is 7.05 Å². The largest absolute Gasteiger partial charge is 0.507 e. The molecule has 9 atom stereocenters. The van der Waals surface area contributed by atoms with Crippen LogP contribution in [-0.4, -0.2) is 142 Å². The lowest BCUT2D eigenvalue weighted by atomic mass is 9.78. The van der Waals surface area contributed by atoms with Crippen LogP contribution in [-0.2, 0) is 23.8 Å². The van der Waals surface area contributed by atoms with E-state index in [0.717, 1.165) is 25.9 Å². The number of aromatic hydroxyl groups is 3. The number of piperazine rings is 1. The molecular weight excluding hydrogens is 829 g/mol. The Balaban J connectivity index is 0.00000170. The number of likely N-dealkylation sites (N-methyl/N-ethyl adjacent to an activating group) is 1. The molecule has 0 spiro atoms. The zero-order valence-corrected chi connectivity index (χ0v) is 38.9. The maximum atomic E-state index is 14.4. The van der Waals surface area contributed by atoms with E-state index < -0.39 is 88.8 Å². The van der Waals surface area contributed by atoms with Crippen molar-refractivity contribution in [3.8, 4) is 23.0 Å². The van der Waals surface area contributed by atoms with Gasteiger partial charge in [0.1, 0.15) is 23.4 Å². The molecule has 1 saturated heterocycles. The Bertz CT molecular complexity index is 2130. The van der Waals surface area contributed by atoms with Gasteiger partial charge in [0.25, 0.3) is 11.7 Å². The van der Waals surface area contributed by atoms with Crippen molar-refractivity contribution < 1.29 is 64.0 Å². The summed E-state index contributed by atoms with van der Waals surface area (Å²) in [5, 5.41) is 74.9. The molecule has 2 aromatic carbocycles. The summed E-state index contributed by atoms with van der Waals surface area (Å²) >= 11 is 0. The summed E-state index contributed by atoms with van der Waals surface area (Å²) in [6.45, 7) is 17.5. The summed E-state index contributed by atoms with van der Waals surface area (Å²) in [6.07, 6.45) is 6.90. The number of ether oxygens (including phenoxy) is 4. The Morgan fingerprint density at radius 2 is 1.62 bits per heavy atom. The third-order valence-electron chi connectivity index (χ3n) is 12.4. The normalized spacial score (nSPS) is 28.4. The smallest absolute Gasteiger partial charge is 0.312 e. The van der Waals surface area contributed by atoms with Crippen molar-refractivity contribution in [1.29, 1.82) is 0 Å². The molecule has 0 aromatic heterocycles. The maximum Gasteiger partial charge on any atom is 0.312 e. The van der Waals surface area contributed by atoms with Crippen molar-refractivity contribution in [3.05, 3.63) is 52.8 Å². The maximum absolute atomic E-state index is 14.4. The van der Waals surface area contributed by atoms with E-state index in [1.54, 1.807) is 44.9 Å². The summed E-state index contributed by atoms with van der Waals surface area (Å²) in [6, 6.07) is 0. The molecular formula is C47H68N4O13. The fourth-order valence-electron chi connectivity index (χ4n) is 8.08. The van der Waals surface area contributed by atoms with Crippen LogP contribution in [0.15, 0.2) is 41.2 Å². The highest BCUT2D eigenvalue weighted by Gasteiger charge is 2.50. The first-order valence-electron chi connectivity index (χ1n) is 21.8. The monoisotopic (exact) mass is 896 g/mol. The molecule has 354 valence electrons. The third kappa shape index (κ3) is 11.2. The van der Waals surface area contributed by atoms with E-state index in [-0.39, 0.29) is 44.5 Å². The molecule has 0 aliphatic carbocycles. The molecule has 1 fully saturated rings. The van der Waals surface area contributed by atoms with Gasteiger partial charge in [0, 0.05) is 93.9 Å². The number of unbranched alkanes of at least 4 members (excludes halogenated alkanes) is 1. The highest BCUT2D eigenvalue weighted by Crippen LogP contribution is 2.55. The molecule has 5 bridgehead atoms. The van der Waals surface area contributed by atoms with Crippen molar-refractivity contribution in [2.24, 2.45) is 28.8 Å². The van der Waals surface area contributed by atoms with Crippen molar-refractivity contribution >= 4 is 40.3 Å². The molecule has 17 nitrogen and oxygen atoms in total. The second-order valence-electron chi connectivity index (χ2n) is 17.2. The first kappa shape index (κ1) is 51.4. The Morgan fingerprint density at radius 3 is 2.20 bits per heavy atom. The number of nitrogens with one attached hydrogen (secondary N) is 1. The van der Waals surface area contributed by atoms with Crippen molar-refractivity contribution in [3.63, 3.8) is 0 Å². The molecule has 4 aliphatic rings. The Kier molecular flexibility index (Phi) is 17.8. The number of anilines is 1. The molecule has 7 N–H and O–H groups in total. The number of ketones is 1. The summed E-state index contributed by atoms with van der Waals surface area (Å²) in [5.74, 6) is -8.34. The molecule has 64 heavy (non-hydrogen) atoms. The number of esters is 1. The van der Waals surface area contributed by atoms with Gasteiger partial charge in [0.15, 0.2) is 5.75 Å². The average Bonchev–Trinajstić information content (AvgIpc) is 3.52. The first-order chi connectivity index (χ1) is 30.1. The predicted molar refractivity (Wildman–Crippen MR) is 242 cm³/mol. The molecule has 0 saturated carbocycles. The van der Waals surface area contributed by atoms with Crippen LogP contribution in [0, 0.1) is 30.6 Å². The first-order valence-corrected chi connectivity index (χ1v) is 21.8. The van der Waals surface area contributed by atoms with Crippen molar-refractivity contribution in [2.45, 2.75) is 105 Å². The second-order valence-corrected chi connectivity index (χ2v) is 17.2. The SMILES string of the molecule is CCCCO.CO[C@H]1C=CO[C@@]2(C)Oc3c(C)c(O)c4c(O)c(c(C=NN5CCN(C)CC5)c(O)c4c3C2=O)NC(=O)C(C)=CC=C[C@H](C)[C@H](O)[C@@H](C)[C@@H](O)[C@@H](C)[C@H](OC(C)=O)[C@@H]1C. The number of fused-ring (bicyclic) bond motifs is 14. The highest BCUT2D eigenvalue weighted by molar-refractivity contribution is 6.23. The van der Waals surface area contributed by atoms with Crippen LogP contribution in [0.4, 0.5) is 5.69 Å². The number of nitrogens with zero attached hydrogens (tertiary/aromatic N) is 3. The van der Waals surface area contributed by atoms with Gasteiger partial charge in [0.05, 0.1) is 53.0 Å². The van der Waals surface area contributed by atoms with Crippen LogP contribution >= 0.6 is 0 Å². The lowest BCUT2D eigenvalue weighted by molar-refractivity contribution is -0.160. The van der Waals surface area contributed by atoms with Crippen LogP contribution in [0.2, 0.25) is 0 Å². The number of benzene rings is 2. The van der Waals surface area contributed by atoms with Crippen molar-refractivity contribution in [1.82, 2.24) is 9.91 Å². The van der Waals surface area contributed by atoms with Gasteiger partial charge in [0.2, 0.25) is 0 Å². The summed E-state index contributed by atoms with van der Waals surface area (Å²) < 4.78 is 23.6. The fraction of sp³-hybridized carbons (Fsp3) is 0.574. The standard InChI is InChI=1S/C43H58N4O12.C4H10O/c1-21-12-11-13-22(2)42(55)45-33-28(20-44-47-17-15-46(9)16-18-47)37(52)30-31(38(33)53)36(51)26(6)40-32(30)41(54)43(8,59-40)57-19-14-29(56-10)23(3)39(58-27(7)48)25(5)35(50)24(4)34(21)49;1-2-3-4-5/h11-14,19-21,23-25,29,34-35,39,49-53H,15-18H2,1-10H3,(H,45,55);5H,2-4H2,1H3/t21-,23+,24+,25+,29-,34-,35+,39+,43-;/m0./s1.